The Morgan fingerprint density at radius 1 is 1.46 bits per heavy atom. The van der Waals surface area contributed by atoms with Crippen molar-refractivity contribution < 1.29 is 4.39 Å². The summed E-state index contributed by atoms with van der Waals surface area (Å²) in [5.41, 5.74) is 0.966. The van der Waals surface area contributed by atoms with Gasteiger partial charge in [-0.1, -0.05) is 22.9 Å². The average Bonchev–Trinajstić information content (AvgIpc) is 2.11. The third kappa shape index (κ3) is 3.44. The minimum absolute atomic E-state index is 0.184. The lowest BCUT2D eigenvalue weighted by Crippen LogP contribution is -2.14. The van der Waals surface area contributed by atoms with Crippen LogP contribution in [-0.2, 0) is 6.54 Å². The summed E-state index contributed by atoms with van der Waals surface area (Å²) >= 11 is 3.38. The summed E-state index contributed by atoms with van der Waals surface area (Å²) in [6.45, 7) is 3.78. The quantitative estimate of drug-likeness (QED) is 0.805. The highest BCUT2D eigenvalue weighted by Crippen LogP contribution is 2.17. The Morgan fingerprint density at radius 3 is 2.92 bits per heavy atom. The molecule has 72 valence electrons. The standard InChI is InChI=1S/C10H13BrFN/c1-2-5-13-7-8-6-9(12)3-4-10(8)11/h3-4,6,13H,2,5,7H2,1H3. The third-order valence-electron chi connectivity index (χ3n) is 1.75. The van der Waals surface area contributed by atoms with Crippen molar-refractivity contribution in [3.63, 3.8) is 0 Å². The van der Waals surface area contributed by atoms with Gasteiger partial charge >= 0.3 is 0 Å². The molecule has 3 heteroatoms. The van der Waals surface area contributed by atoms with Gasteiger partial charge in [-0.2, -0.15) is 0 Å². The van der Waals surface area contributed by atoms with Gasteiger partial charge in [0.05, 0.1) is 0 Å². The zero-order chi connectivity index (χ0) is 9.68. The van der Waals surface area contributed by atoms with Crippen LogP contribution < -0.4 is 5.32 Å². The maximum atomic E-state index is 12.8. The van der Waals surface area contributed by atoms with Crippen LogP contribution in [0.15, 0.2) is 22.7 Å². The predicted molar refractivity (Wildman–Crippen MR) is 56.1 cm³/mol. The Balaban J connectivity index is 2.59. The molecule has 0 unspecified atom stereocenters. The first-order valence-corrected chi connectivity index (χ1v) is 5.18. The molecule has 0 spiro atoms. The Kier molecular flexibility index (Phi) is 4.39. The highest BCUT2D eigenvalue weighted by molar-refractivity contribution is 9.10. The molecular formula is C10H13BrFN. The summed E-state index contributed by atoms with van der Waals surface area (Å²) in [6.07, 6.45) is 1.09. The van der Waals surface area contributed by atoms with E-state index in [1.807, 2.05) is 0 Å². The van der Waals surface area contributed by atoms with E-state index in [4.69, 9.17) is 0 Å². The van der Waals surface area contributed by atoms with E-state index >= 15 is 0 Å². The van der Waals surface area contributed by atoms with E-state index in [-0.39, 0.29) is 5.82 Å². The van der Waals surface area contributed by atoms with Crippen LogP contribution in [0.2, 0.25) is 0 Å². The fourth-order valence-corrected chi connectivity index (χ4v) is 1.47. The van der Waals surface area contributed by atoms with Gasteiger partial charge in [0.15, 0.2) is 0 Å². The second-order valence-corrected chi connectivity index (χ2v) is 3.77. The van der Waals surface area contributed by atoms with Crippen LogP contribution in [0.3, 0.4) is 0 Å². The van der Waals surface area contributed by atoms with Crippen molar-refractivity contribution in [2.24, 2.45) is 0 Å². The van der Waals surface area contributed by atoms with Crippen LogP contribution in [0.1, 0.15) is 18.9 Å². The molecule has 1 rings (SSSR count). The van der Waals surface area contributed by atoms with Crippen LogP contribution in [-0.4, -0.2) is 6.54 Å². The zero-order valence-corrected chi connectivity index (χ0v) is 9.20. The molecule has 0 fully saturated rings. The van der Waals surface area contributed by atoms with Crippen LogP contribution in [0.4, 0.5) is 4.39 Å². The molecule has 0 saturated heterocycles. The summed E-state index contributed by atoms with van der Waals surface area (Å²) in [5, 5.41) is 3.22. The van der Waals surface area contributed by atoms with Gasteiger partial charge < -0.3 is 5.32 Å². The van der Waals surface area contributed by atoms with Gasteiger partial charge in [0, 0.05) is 11.0 Å². The Morgan fingerprint density at radius 2 is 2.23 bits per heavy atom. The van der Waals surface area contributed by atoms with Crippen molar-refractivity contribution in [2.75, 3.05) is 6.54 Å². The van der Waals surface area contributed by atoms with Crippen LogP contribution in [0, 0.1) is 5.82 Å². The molecule has 0 aromatic heterocycles. The summed E-state index contributed by atoms with van der Waals surface area (Å²) < 4.78 is 13.8. The van der Waals surface area contributed by atoms with E-state index in [0.29, 0.717) is 6.54 Å². The van der Waals surface area contributed by atoms with Crippen molar-refractivity contribution in [1.29, 1.82) is 0 Å². The molecule has 0 atom stereocenters. The Hall–Kier alpha value is -0.410. The first-order chi connectivity index (χ1) is 6.24. The smallest absolute Gasteiger partial charge is 0.123 e. The first kappa shape index (κ1) is 10.7. The molecule has 0 aliphatic heterocycles. The van der Waals surface area contributed by atoms with Crippen molar-refractivity contribution >= 4 is 15.9 Å². The van der Waals surface area contributed by atoms with Crippen molar-refractivity contribution in [1.82, 2.24) is 5.32 Å². The highest BCUT2D eigenvalue weighted by Gasteiger charge is 2.00. The fourth-order valence-electron chi connectivity index (χ4n) is 1.08. The summed E-state index contributed by atoms with van der Waals surface area (Å²) in [4.78, 5) is 0. The topological polar surface area (TPSA) is 12.0 Å². The molecular weight excluding hydrogens is 233 g/mol. The molecule has 0 bridgehead atoms. The normalized spacial score (nSPS) is 10.4. The molecule has 1 nitrogen and oxygen atoms in total. The minimum atomic E-state index is -0.184. The number of benzene rings is 1. The summed E-state index contributed by atoms with van der Waals surface area (Å²) in [5.74, 6) is -0.184. The molecule has 1 aromatic carbocycles. The van der Waals surface area contributed by atoms with E-state index in [0.717, 1.165) is 23.0 Å². The maximum absolute atomic E-state index is 12.8. The molecule has 1 N–H and O–H groups in total. The second kappa shape index (κ2) is 5.35. The van der Waals surface area contributed by atoms with Gasteiger partial charge in [-0.15, -0.1) is 0 Å². The molecule has 0 amide bonds. The van der Waals surface area contributed by atoms with Gasteiger partial charge in [0.25, 0.3) is 0 Å². The van der Waals surface area contributed by atoms with Crippen LogP contribution >= 0.6 is 15.9 Å². The number of hydrogen-bond donors (Lipinski definition) is 1. The maximum Gasteiger partial charge on any atom is 0.123 e. The van der Waals surface area contributed by atoms with E-state index in [1.54, 1.807) is 12.1 Å². The monoisotopic (exact) mass is 245 g/mol. The van der Waals surface area contributed by atoms with Crippen molar-refractivity contribution in [3.05, 3.63) is 34.1 Å². The van der Waals surface area contributed by atoms with Gasteiger partial charge in [-0.3, -0.25) is 0 Å². The molecule has 0 saturated carbocycles. The highest BCUT2D eigenvalue weighted by atomic mass is 79.9. The fraction of sp³-hybridized carbons (Fsp3) is 0.400. The molecule has 13 heavy (non-hydrogen) atoms. The molecule has 0 heterocycles. The Labute approximate surface area is 86.5 Å². The average molecular weight is 246 g/mol. The molecule has 0 aliphatic carbocycles. The van der Waals surface area contributed by atoms with Crippen LogP contribution in [0.5, 0.6) is 0 Å². The largest absolute Gasteiger partial charge is 0.313 e. The van der Waals surface area contributed by atoms with Crippen molar-refractivity contribution in [2.45, 2.75) is 19.9 Å². The zero-order valence-electron chi connectivity index (χ0n) is 7.61. The number of nitrogens with one attached hydrogen (secondary N) is 1. The van der Waals surface area contributed by atoms with Gasteiger partial charge in [-0.25, -0.2) is 4.39 Å². The predicted octanol–water partition coefficient (Wildman–Crippen LogP) is 3.09. The molecule has 0 aliphatic rings. The lowest BCUT2D eigenvalue weighted by Gasteiger charge is -2.05. The Bertz CT molecular complexity index is 276. The van der Waals surface area contributed by atoms with E-state index in [2.05, 4.69) is 28.2 Å². The van der Waals surface area contributed by atoms with Crippen LogP contribution in [0.25, 0.3) is 0 Å². The second-order valence-electron chi connectivity index (χ2n) is 2.91. The lowest BCUT2D eigenvalue weighted by molar-refractivity contribution is 0.618. The molecule has 0 radical (unpaired) electrons. The molecule has 1 aromatic rings. The first-order valence-electron chi connectivity index (χ1n) is 4.38. The number of halogens is 2. The van der Waals surface area contributed by atoms with E-state index < -0.39 is 0 Å². The van der Waals surface area contributed by atoms with Crippen molar-refractivity contribution in [3.8, 4) is 0 Å². The summed E-state index contributed by atoms with van der Waals surface area (Å²) in [7, 11) is 0. The third-order valence-corrected chi connectivity index (χ3v) is 2.52. The minimum Gasteiger partial charge on any atom is -0.313 e. The number of rotatable bonds is 4. The lowest BCUT2D eigenvalue weighted by atomic mass is 10.2. The van der Waals surface area contributed by atoms with E-state index in [9.17, 15) is 4.39 Å². The van der Waals surface area contributed by atoms with Gasteiger partial charge in [-0.05, 0) is 36.7 Å². The SMILES string of the molecule is CCCNCc1cc(F)ccc1Br. The number of hydrogen-bond acceptors (Lipinski definition) is 1. The van der Waals surface area contributed by atoms with E-state index in [1.165, 1.54) is 6.07 Å². The summed E-state index contributed by atoms with van der Waals surface area (Å²) in [6, 6.07) is 4.73. The van der Waals surface area contributed by atoms with Gasteiger partial charge in [0.1, 0.15) is 5.82 Å². The van der Waals surface area contributed by atoms with Gasteiger partial charge in [0.2, 0.25) is 0 Å².